The van der Waals surface area contributed by atoms with Gasteiger partial charge in [0.05, 0.1) is 17.9 Å². The van der Waals surface area contributed by atoms with E-state index in [2.05, 4.69) is 34.9 Å². The number of hydrogen-bond acceptors (Lipinski definition) is 4. The third-order valence-electron chi connectivity index (χ3n) is 9.13. The molecule has 10 rings (SSSR count). The van der Waals surface area contributed by atoms with E-state index in [1.807, 2.05) is 109 Å². The molecule has 0 atom stereocenters. The molecule has 7 aromatic carbocycles. The fourth-order valence-electron chi connectivity index (χ4n) is 6.78. The van der Waals surface area contributed by atoms with E-state index < -0.39 is 6.04 Å². The van der Waals surface area contributed by atoms with Crippen molar-refractivity contribution in [2.24, 2.45) is 0 Å². The average Bonchev–Trinajstić information content (AvgIpc) is 3.77. The SMILES string of the molecule is [2H]c1c([2H])c([2H])c(-c2ccc3c4ccccc4n(-c4ccc5c(c4)oc4ccc(-c6nc(-c7ccccc7)nc(-c7ccccc7)n6)cc45)c3c2)c([2H])c1[2H]. The lowest BCUT2D eigenvalue weighted by molar-refractivity contribution is 0.668. The van der Waals surface area contributed by atoms with Crippen LogP contribution in [0.4, 0.5) is 0 Å². The van der Waals surface area contributed by atoms with Crippen molar-refractivity contribution in [2.75, 3.05) is 0 Å². The van der Waals surface area contributed by atoms with Gasteiger partial charge in [0.15, 0.2) is 17.5 Å². The summed E-state index contributed by atoms with van der Waals surface area (Å²) in [5, 5.41) is 3.86. The van der Waals surface area contributed by atoms with Crippen molar-refractivity contribution >= 4 is 43.7 Å². The second kappa shape index (κ2) is 11.4. The van der Waals surface area contributed by atoms with Gasteiger partial charge in [-0.25, -0.2) is 15.0 Å². The normalized spacial score (nSPS) is 13.0. The smallest absolute Gasteiger partial charge is 0.164 e. The maximum Gasteiger partial charge on any atom is 0.164 e. The third-order valence-corrected chi connectivity index (χ3v) is 9.13. The van der Waals surface area contributed by atoms with Gasteiger partial charge in [0, 0.05) is 50.0 Å². The molecule has 0 bridgehead atoms. The van der Waals surface area contributed by atoms with E-state index in [-0.39, 0.29) is 29.7 Å². The Morgan fingerprint density at radius 1 is 0.420 bits per heavy atom. The Kier molecular flexibility index (Phi) is 5.35. The minimum atomic E-state index is -0.414. The molecule has 0 aliphatic rings. The van der Waals surface area contributed by atoms with Crippen LogP contribution in [-0.2, 0) is 0 Å². The van der Waals surface area contributed by atoms with Gasteiger partial charge in [-0.05, 0) is 53.6 Å². The molecule has 50 heavy (non-hydrogen) atoms. The first-order valence-electron chi connectivity index (χ1n) is 18.8. The number of hydrogen-bond donors (Lipinski definition) is 0. The van der Waals surface area contributed by atoms with Crippen molar-refractivity contribution in [1.82, 2.24) is 19.5 Å². The van der Waals surface area contributed by atoms with Gasteiger partial charge in [-0.15, -0.1) is 0 Å². The molecule has 0 aliphatic carbocycles. The lowest BCUT2D eigenvalue weighted by Gasteiger charge is -2.09. The Balaban J connectivity index is 1.12. The zero-order valence-electron chi connectivity index (χ0n) is 31.5. The highest BCUT2D eigenvalue weighted by Gasteiger charge is 2.17. The molecule has 5 heteroatoms. The highest BCUT2D eigenvalue weighted by molar-refractivity contribution is 6.11. The molecule has 0 amide bonds. The van der Waals surface area contributed by atoms with Crippen molar-refractivity contribution in [1.29, 1.82) is 0 Å². The van der Waals surface area contributed by atoms with Crippen LogP contribution in [0.15, 0.2) is 174 Å². The van der Waals surface area contributed by atoms with Gasteiger partial charge >= 0.3 is 0 Å². The fraction of sp³-hybridized carbons (Fsp3) is 0. The summed E-state index contributed by atoms with van der Waals surface area (Å²) < 4.78 is 50.4. The molecule has 5 nitrogen and oxygen atoms in total. The van der Waals surface area contributed by atoms with Crippen LogP contribution in [0.2, 0.25) is 0 Å². The summed E-state index contributed by atoms with van der Waals surface area (Å²) in [6.07, 6.45) is 0. The Hall–Kier alpha value is -6.85. The maximum atomic E-state index is 8.62. The number of rotatable bonds is 5. The van der Waals surface area contributed by atoms with Crippen molar-refractivity contribution in [3.8, 4) is 51.0 Å². The lowest BCUT2D eigenvalue weighted by Crippen LogP contribution is -2.00. The summed E-state index contributed by atoms with van der Waals surface area (Å²) in [5.74, 6) is 1.74. The molecule has 3 heterocycles. The van der Waals surface area contributed by atoms with E-state index in [1.165, 1.54) is 0 Å². The summed E-state index contributed by atoms with van der Waals surface area (Å²) >= 11 is 0. The Morgan fingerprint density at radius 3 is 1.78 bits per heavy atom. The van der Waals surface area contributed by atoms with Crippen LogP contribution < -0.4 is 0 Å². The highest BCUT2D eigenvalue weighted by Crippen LogP contribution is 2.38. The van der Waals surface area contributed by atoms with E-state index in [1.54, 1.807) is 0 Å². The summed E-state index contributed by atoms with van der Waals surface area (Å²) in [4.78, 5) is 14.7. The third kappa shape index (κ3) is 4.67. The maximum absolute atomic E-state index is 8.62. The molecule has 234 valence electrons. The number of benzene rings is 7. The summed E-state index contributed by atoms with van der Waals surface area (Å²) in [6, 6.07) is 44.1. The zero-order valence-corrected chi connectivity index (χ0v) is 26.5. The standard InChI is InChI=1S/C45H28N4O/c1-4-12-29(13-5-1)32-20-23-36-35-18-10-11-19-39(35)49(40(36)27-32)34-22-24-37-38-26-33(21-25-41(38)50-42(37)28-34)45-47-43(30-14-6-2-7-15-30)46-44(48-45)31-16-8-3-9-17-31/h1-28H/i1D,4D,5D,12D,13D. The first kappa shape index (κ1) is 23.5. The number of aromatic nitrogens is 4. The van der Waals surface area contributed by atoms with Gasteiger partial charge in [0.2, 0.25) is 0 Å². The monoisotopic (exact) mass is 645 g/mol. The van der Waals surface area contributed by atoms with E-state index in [0.717, 1.165) is 60.5 Å². The van der Waals surface area contributed by atoms with Gasteiger partial charge in [0.25, 0.3) is 0 Å². The number of fused-ring (bicyclic) bond motifs is 6. The molecule has 0 unspecified atom stereocenters. The van der Waals surface area contributed by atoms with Gasteiger partial charge in [-0.1, -0.05) is 121 Å². The number of para-hydroxylation sites is 1. The second-order valence-electron chi connectivity index (χ2n) is 12.1. The number of furan rings is 1. The molecule has 3 aromatic heterocycles. The van der Waals surface area contributed by atoms with Crippen molar-refractivity contribution < 1.29 is 11.3 Å². The molecular weight excluding hydrogens is 613 g/mol. The molecular formula is C45H28N4O. The molecule has 0 N–H and O–H groups in total. The van der Waals surface area contributed by atoms with Crippen LogP contribution in [0.25, 0.3) is 94.7 Å². The van der Waals surface area contributed by atoms with Crippen LogP contribution in [0.5, 0.6) is 0 Å². The van der Waals surface area contributed by atoms with Crippen molar-refractivity contribution in [3.05, 3.63) is 170 Å². The second-order valence-corrected chi connectivity index (χ2v) is 12.1. The zero-order chi connectivity index (χ0) is 37.4. The molecule has 0 spiro atoms. The van der Waals surface area contributed by atoms with E-state index in [4.69, 9.17) is 26.2 Å². The summed E-state index contributed by atoms with van der Waals surface area (Å²) in [7, 11) is 0. The van der Waals surface area contributed by atoms with Gasteiger partial charge in [-0.2, -0.15) is 0 Å². The predicted octanol–water partition coefficient (Wildman–Crippen LogP) is 11.5. The van der Waals surface area contributed by atoms with E-state index >= 15 is 0 Å². The van der Waals surface area contributed by atoms with Crippen LogP contribution in [-0.4, -0.2) is 19.5 Å². The highest BCUT2D eigenvalue weighted by atomic mass is 16.3. The van der Waals surface area contributed by atoms with Crippen LogP contribution in [0, 0.1) is 0 Å². The fourth-order valence-corrected chi connectivity index (χ4v) is 6.78. The van der Waals surface area contributed by atoms with Crippen LogP contribution >= 0.6 is 0 Å². The van der Waals surface area contributed by atoms with Gasteiger partial charge in [0.1, 0.15) is 11.2 Å². The van der Waals surface area contributed by atoms with E-state index in [0.29, 0.717) is 28.6 Å². The van der Waals surface area contributed by atoms with Gasteiger partial charge in [-0.3, -0.25) is 0 Å². The number of nitrogens with zero attached hydrogens (tertiary/aromatic N) is 4. The molecule has 0 saturated heterocycles. The topological polar surface area (TPSA) is 56.7 Å². The average molecular weight is 646 g/mol. The van der Waals surface area contributed by atoms with Gasteiger partial charge < -0.3 is 8.98 Å². The largest absolute Gasteiger partial charge is 0.456 e. The predicted molar refractivity (Wildman–Crippen MR) is 203 cm³/mol. The first-order chi connectivity index (χ1) is 26.8. The Labute approximate surface area is 294 Å². The van der Waals surface area contributed by atoms with Crippen LogP contribution in [0.3, 0.4) is 0 Å². The lowest BCUT2D eigenvalue weighted by atomic mass is 10.0. The minimum Gasteiger partial charge on any atom is -0.456 e. The van der Waals surface area contributed by atoms with E-state index in [9.17, 15) is 0 Å². The molecule has 0 fully saturated rings. The molecule has 10 aromatic rings. The Bertz CT molecular complexity index is 3070. The van der Waals surface area contributed by atoms with Crippen molar-refractivity contribution in [3.63, 3.8) is 0 Å². The van der Waals surface area contributed by atoms with Crippen LogP contribution in [0.1, 0.15) is 6.85 Å². The quantitative estimate of drug-likeness (QED) is 0.187. The van der Waals surface area contributed by atoms with Crippen molar-refractivity contribution in [2.45, 2.75) is 0 Å². The Morgan fingerprint density at radius 2 is 1.04 bits per heavy atom. The summed E-state index contributed by atoms with van der Waals surface area (Å²) in [5.41, 5.74) is 7.41. The molecule has 0 aliphatic heterocycles. The molecule has 0 saturated carbocycles. The first-order valence-corrected chi connectivity index (χ1v) is 16.3. The minimum absolute atomic E-state index is 0.165. The molecule has 0 radical (unpaired) electrons. The summed E-state index contributed by atoms with van der Waals surface area (Å²) in [6.45, 7) is 0.